The second-order valence-corrected chi connectivity index (χ2v) is 3.84. The van der Waals surface area contributed by atoms with Gasteiger partial charge in [-0.2, -0.15) is 5.10 Å². The summed E-state index contributed by atoms with van der Waals surface area (Å²) in [6, 6.07) is 1.70. The number of aromatic amines is 4. The minimum atomic E-state index is -0.168. The van der Waals surface area contributed by atoms with E-state index in [0.29, 0.717) is 22.1 Å². The summed E-state index contributed by atoms with van der Waals surface area (Å²) < 4.78 is 0. The molecule has 4 N–H and O–H groups in total. The van der Waals surface area contributed by atoms with E-state index in [0.717, 1.165) is 0 Å². The molecule has 0 atom stereocenters. The zero-order chi connectivity index (χ0) is 17.9. The molecule has 4 aromatic heterocycles. The maximum absolute atomic E-state index is 10.9. The van der Waals surface area contributed by atoms with Crippen LogP contribution in [0.15, 0.2) is 67.0 Å². The Hall–Kier alpha value is -3.75. The molecule has 0 unspecified atom stereocenters. The van der Waals surface area contributed by atoms with Gasteiger partial charge in [-0.1, -0.05) is 0 Å². The molecule has 0 amide bonds. The SMILES string of the molecule is C=C.C=C.O=c1[nH]cnc2[nH]ccc12.O=c1[nH]cnc2[nH]ncc12. The van der Waals surface area contributed by atoms with Crippen molar-refractivity contribution in [3.63, 3.8) is 0 Å². The first kappa shape index (κ1) is 18.3. The molecule has 0 bridgehead atoms. The van der Waals surface area contributed by atoms with Crippen LogP contribution in [-0.4, -0.2) is 35.1 Å². The first-order chi connectivity index (χ1) is 11.8. The van der Waals surface area contributed by atoms with Crippen LogP contribution in [0, 0.1) is 0 Å². The lowest BCUT2D eigenvalue weighted by Crippen LogP contribution is -2.04. The Morgan fingerprint density at radius 3 is 1.96 bits per heavy atom. The second-order valence-electron chi connectivity index (χ2n) is 3.84. The highest BCUT2D eigenvalue weighted by Crippen LogP contribution is 1.99. The molecule has 0 radical (unpaired) electrons. The third-order valence-electron chi connectivity index (χ3n) is 2.61. The van der Waals surface area contributed by atoms with Gasteiger partial charge in [-0.25, -0.2) is 9.97 Å². The predicted octanol–water partition coefficient (Wildman–Crippen LogP) is 1.50. The van der Waals surface area contributed by atoms with Crippen LogP contribution in [0.4, 0.5) is 0 Å². The largest absolute Gasteiger partial charge is 0.346 e. The average Bonchev–Trinajstić information content (AvgIpc) is 3.29. The summed E-state index contributed by atoms with van der Waals surface area (Å²) in [6.45, 7) is 12.0. The summed E-state index contributed by atoms with van der Waals surface area (Å²) in [5.41, 5.74) is 0.873. The van der Waals surface area contributed by atoms with Crippen LogP contribution < -0.4 is 11.1 Å². The Labute approximate surface area is 136 Å². The van der Waals surface area contributed by atoms with Gasteiger partial charge in [-0.15, -0.1) is 26.3 Å². The van der Waals surface area contributed by atoms with Crippen molar-refractivity contribution in [2.75, 3.05) is 0 Å². The van der Waals surface area contributed by atoms with Crippen LogP contribution in [0.2, 0.25) is 0 Å². The number of fused-ring (bicyclic) bond motifs is 2. The molecule has 24 heavy (non-hydrogen) atoms. The molecule has 4 rings (SSSR count). The maximum atomic E-state index is 10.9. The van der Waals surface area contributed by atoms with Gasteiger partial charge in [-0.05, 0) is 6.07 Å². The maximum Gasteiger partial charge on any atom is 0.261 e. The molecule has 9 nitrogen and oxygen atoms in total. The molecular formula is C15H17N7O2. The third kappa shape index (κ3) is 4.13. The predicted molar refractivity (Wildman–Crippen MR) is 93.7 cm³/mol. The van der Waals surface area contributed by atoms with Gasteiger partial charge < -0.3 is 15.0 Å². The van der Waals surface area contributed by atoms with Crippen LogP contribution in [0.5, 0.6) is 0 Å². The molecule has 0 fully saturated rings. The van der Waals surface area contributed by atoms with Crippen molar-refractivity contribution in [2.45, 2.75) is 0 Å². The second kappa shape index (κ2) is 9.30. The summed E-state index contributed by atoms with van der Waals surface area (Å²) in [5, 5.41) is 7.32. The fourth-order valence-electron chi connectivity index (χ4n) is 1.66. The van der Waals surface area contributed by atoms with Crippen LogP contribution in [0.25, 0.3) is 22.1 Å². The number of hydrogen-bond acceptors (Lipinski definition) is 5. The van der Waals surface area contributed by atoms with E-state index in [1.807, 2.05) is 0 Å². The van der Waals surface area contributed by atoms with E-state index in [1.54, 1.807) is 12.3 Å². The van der Waals surface area contributed by atoms with Crippen LogP contribution in [0.3, 0.4) is 0 Å². The van der Waals surface area contributed by atoms with Gasteiger partial charge in [-0.3, -0.25) is 14.7 Å². The van der Waals surface area contributed by atoms with Gasteiger partial charge in [0.2, 0.25) is 0 Å². The highest BCUT2D eigenvalue weighted by atomic mass is 16.1. The zero-order valence-corrected chi connectivity index (χ0v) is 12.9. The third-order valence-corrected chi connectivity index (χ3v) is 2.61. The number of H-pyrrole nitrogens is 4. The minimum absolute atomic E-state index is 0.105. The van der Waals surface area contributed by atoms with Crippen molar-refractivity contribution in [3.8, 4) is 0 Å². The number of nitrogens with zero attached hydrogens (tertiary/aromatic N) is 3. The normalized spacial score (nSPS) is 9.00. The van der Waals surface area contributed by atoms with E-state index >= 15 is 0 Å². The van der Waals surface area contributed by atoms with E-state index in [2.05, 4.69) is 61.4 Å². The van der Waals surface area contributed by atoms with Gasteiger partial charge in [0.15, 0.2) is 5.65 Å². The average molecular weight is 327 g/mol. The summed E-state index contributed by atoms with van der Waals surface area (Å²) in [5.74, 6) is 0. The van der Waals surface area contributed by atoms with E-state index in [-0.39, 0.29) is 11.1 Å². The smallest absolute Gasteiger partial charge is 0.261 e. The minimum Gasteiger partial charge on any atom is -0.346 e. The van der Waals surface area contributed by atoms with Crippen molar-refractivity contribution in [2.24, 2.45) is 0 Å². The molecule has 9 heteroatoms. The summed E-state index contributed by atoms with van der Waals surface area (Å²) in [4.78, 5) is 37.3. The summed E-state index contributed by atoms with van der Waals surface area (Å²) in [7, 11) is 0. The molecular weight excluding hydrogens is 310 g/mol. The fourth-order valence-corrected chi connectivity index (χ4v) is 1.66. The molecule has 0 aliphatic rings. The highest BCUT2D eigenvalue weighted by molar-refractivity contribution is 5.73. The van der Waals surface area contributed by atoms with E-state index in [9.17, 15) is 9.59 Å². The standard InChI is InChI=1S/C6H5N3O.C5H4N4O.2C2H4/c10-6-4-1-2-7-5(4)8-3-9-6;10-5-3-1-8-9-4(3)6-2-7-5;2*1-2/h1-3H,(H2,7,8,9,10);1-2H,(H2,6,7,8,9,10);2*1-2H2. The monoisotopic (exact) mass is 327 g/mol. The van der Waals surface area contributed by atoms with Crippen molar-refractivity contribution in [1.29, 1.82) is 0 Å². The summed E-state index contributed by atoms with van der Waals surface area (Å²) in [6.07, 6.45) is 5.85. The van der Waals surface area contributed by atoms with Gasteiger partial charge in [0.05, 0.1) is 24.2 Å². The molecule has 4 heterocycles. The lowest BCUT2D eigenvalue weighted by atomic mass is 10.4. The van der Waals surface area contributed by atoms with Crippen molar-refractivity contribution < 1.29 is 0 Å². The lowest BCUT2D eigenvalue weighted by Gasteiger charge is -1.83. The van der Waals surface area contributed by atoms with Crippen molar-refractivity contribution in [1.82, 2.24) is 35.1 Å². The molecule has 0 saturated heterocycles. The molecule has 0 saturated carbocycles. The Morgan fingerprint density at radius 2 is 1.38 bits per heavy atom. The van der Waals surface area contributed by atoms with Crippen molar-refractivity contribution >= 4 is 22.1 Å². The van der Waals surface area contributed by atoms with Crippen LogP contribution in [-0.2, 0) is 0 Å². The van der Waals surface area contributed by atoms with Crippen LogP contribution in [0.1, 0.15) is 0 Å². The molecule has 0 aliphatic carbocycles. The Kier molecular flexibility index (Phi) is 7.09. The molecule has 124 valence electrons. The van der Waals surface area contributed by atoms with Gasteiger partial charge in [0, 0.05) is 6.20 Å². The molecule has 0 aliphatic heterocycles. The first-order valence-corrected chi connectivity index (χ1v) is 6.63. The van der Waals surface area contributed by atoms with Crippen LogP contribution >= 0.6 is 0 Å². The Bertz CT molecular complexity index is 914. The number of aromatic nitrogens is 7. The van der Waals surface area contributed by atoms with Gasteiger partial charge in [0.25, 0.3) is 11.1 Å². The van der Waals surface area contributed by atoms with E-state index in [1.165, 1.54) is 18.9 Å². The zero-order valence-electron chi connectivity index (χ0n) is 12.9. The molecule has 4 aromatic rings. The van der Waals surface area contributed by atoms with E-state index < -0.39 is 0 Å². The number of hydrogen-bond donors (Lipinski definition) is 4. The van der Waals surface area contributed by atoms with Crippen molar-refractivity contribution in [3.05, 3.63) is 78.1 Å². The molecule has 0 spiro atoms. The first-order valence-electron chi connectivity index (χ1n) is 6.63. The summed E-state index contributed by atoms with van der Waals surface area (Å²) >= 11 is 0. The van der Waals surface area contributed by atoms with Gasteiger partial charge in [0.1, 0.15) is 11.0 Å². The lowest BCUT2D eigenvalue weighted by molar-refractivity contribution is 1.08. The van der Waals surface area contributed by atoms with Gasteiger partial charge >= 0.3 is 0 Å². The molecule has 0 aromatic carbocycles. The topological polar surface area (TPSA) is 136 Å². The number of nitrogens with one attached hydrogen (secondary N) is 4. The van der Waals surface area contributed by atoms with E-state index in [4.69, 9.17) is 0 Å². The highest BCUT2D eigenvalue weighted by Gasteiger charge is 1.97. The Morgan fingerprint density at radius 1 is 0.792 bits per heavy atom. The quantitative estimate of drug-likeness (QED) is 0.363. The Balaban J connectivity index is 0.000000199. The number of rotatable bonds is 0. The fraction of sp³-hybridized carbons (Fsp3) is 0.